The smallest absolute Gasteiger partial charge is 0.337 e. The van der Waals surface area contributed by atoms with Crippen LogP contribution in [0, 0.1) is 5.82 Å². The summed E-state index contributed by atoms with van der Waals surface area (Å²) in [6.45, 7) is 0.159. The summed E-state index contributed by atoms with van der Waals surface area (Å²) in [5.41, 5.74) is 4.28. The third-order valence-electron chi connectivity index (χ3n) is 8.79. The van der Waals surface area contributed by atoms with Crippen LogP contribution in [-0.2, 0) is 13.0 Å². The molecule has 2 heterocycles. The Morgan fingerprint density at radius 3 is 2.14 bits per heavy atom. The van der Waals surface area contributed by atoms with E-state index in [1.54, 1.807) is 61.5 Å². The number of fused-ring (bicyclic) bond motifs is 2. The zero-order valence-corrected chi connectivity index (χ0v) is 27.3. The molecule has 0 saturated carbocycles. The molecule has 250 valence electrons. The van der Waals surface area contributed by atoms with Crippen LogP contribution >= 0.6 is 0 Å². The highest BCUT2D eigenvalue weighted by Gasteiger charge is 2.29. The average Bonchev–Trinajstić information content (AvgIpc) is 3.46. The van der Waals surface area contributed by atoms with Crippen molar-refractivity contribution in [3.8, 4) is 23.1 Å². The molecule has 0 aliphatic heterocycles. The molecule has 7 rings (SSSR count). The zero-order chi connectivity index (χ0) is 34.8. The summed E-state index contributed by atoms with van der Waals surface area (Å²) in [4.78, 5) is 17.9. The van der Waals surface area contributed by atoms with Gasteiger partial charge < -0.3 is 29.0 Å². The van der Waals surface area contributed by atoms with Gasteiger partial charge in [0.15, 0.2) is 5.75 Å². The number of nitrogens with zero attached hydrogens (tertiary/aromatic N) is 2. The van der Waals surface area contributed by atoms with Crippen LogP contribution in [0.4, 0.5) is 4.39 Å². The number of ether oxygens (including phenoxy) is 3. The summed E-state index contributed by atoms with van der Waals surface area (Å²) in [6, 6.07) is 32.7. The van der Waals surface area contributed by atoms with Crippen molar-refractivity contribution in [1.29, 1.82) is 0 Å². The van der Waals surface area contributed by atoms with E-state index in [9.17, 15) is 19.4 Å². The van der Waals surface area contributed by atoms with Gasteiger partial charge in [0.2, 0.25) is 5.88 Å². The van der Waals surface area contributed by atoms with E-state index in [1.807, 2.05) is 66.7 Å². The number of carboxylic acid groups (broad SMARTS) is 1. The maximum absolute atomic E-state index is 13.6. The van der Waals surface area contributed by atoms with E-state index in [4.69, 9.17) is 19.2 Å². The van der Waals surface area contributed by atoms with E-state index in [-0.39, 0.29) is 45.8 Å². The highest BCUT2D eigenvalue weighted by atomic mass is 19.1. The monoisotopic (exact) mass is 668 g/mol. The van der Waals surface area contributed by atoms with Crippen molar-refractivity contribution < 1.29 is 33.6 Å². The first-order valence-electron chi connectivity index (χ1n) is 16.0. The fourth-order valence-electron chi connectivity index (χ4n) is 6.37. The number of halogens is 1. The van der Waals surface area contributed by atoms with Crippen LogP contribution < -0.4 is 14.2 Å². The number of pyridine rings is 1. The van der Waals surface area contributed by atoms with Crippen molar-refractivity contribution in [1.82, 2.24) is 9.55 Å². The molecule has 8 nitrogen and oxygen atoms in total. The Morgan fingerprint density at radius 2 is 1.52 bits per heavy atom. The molecule has 0 bridgehead atoms. The van der Waals surface area contributed by atoms with Crippen molar-refractivity contribution in [3.63, 3.8) is 0 Å². The molecule has 9 heteroatoms. The highest BCUT2D eigenvalue weighted by Crippen LogP contribution is 2.46. The molecule has 2 aromatic heterocycles. The highest BCUT2D eigenvalue weighted by molar-refractivity contribution is 6.19. The van der Waals surface area contributed by atoms with Gasteiger partial charge in [-0.25, -0.2) is 9.18 Å². The van der Waals surface area contributed by atoms with Gasteiger partial charge in [0.1, 0.15) is 28.9 Å². The number of carboxylic acids is 1. The minimum atomic E-state index is -1.19. The predicted octanol–water partition coefficient (Wildman–Crippen LogP) is 8.56. The molecule has 0 atom stereocenters. The molecule has 0 spiro atoms. The molecule has 0 aliphatic rings. The summed E-state index contributed by atoms with van der Waals surface area (Å²) in [6.07, 6.45) is 3.06. The second kappa shape index (κ2) is 13.6. The molecular formula is C41H33FN2O6. The van der Waals surface area contributed by atoms with Crippen LogP contribution in [0.3, 0.4) is 0 Å². The lowest BCUT2D eigenvalue weighted by molar-refractivity contribution is 0.0701. The number of carbonyl (C=O) groups is 1. The fourth-order valence-corrected chi connectivity index (χ4v) is 6.37. The second-order valence-electron chi connectivity index (χ2n) is 11.9. The first-order valence-corrected chi connectivity index (χ1v) is 16.0. The number of aromatic nitrogens is 2. The number of aromatic carboxylic acids is 1. The Bertz CT molecular complexity index is 2280. The third-order valence-corrected chi connectivity index (χ3v) is 8.79. The second-order valence-corrected chi connectivity index (χ2v) is 11.9. The normalized spacial score (nSPS) is 11.3. The number of aromatic hydroxyl groups is 1. The molecule has 0 aliphatic carbocycles. The Morgan fingerprint density at radius 1 is 0.840 bits per heavy atom. The standard InChI is InChI=1S/C41H33FN2O6/c1-48-31-18-15-29(34(21-31)49-2)23-44-24-33-35(41(46)47)32-20-26(19-25-13-16-30(42)17-14-25)22-43-37(32)39(36(33)40(44)45)50-38(27-9-5-3-6-10-27)28-11-7-4-8-12-28/h3-18,20-22,24,38,45H,19,23H2,1-2H3,(H,46,47). The van der Waals surface area contributed by atoms with Crippen molar-refractivity contribution >= 4 is 27.6 Å². The van der Waals surface area contributed by atoms with Crippen molar-refractivity contribution in [2.45, 2.75) is 19.1 Å². The lowest BCUT2D eigenvalue weighted by Gasteiger charge is -2.22. The fraction of sp³-hybridized carbons (Fsp3) is 0.122. The van der Waals surface area contributed by atoms with Crippen LogP contribution in [0.25, 0.3) is 21.7 Å². The van der Waals surface area contributed by atoms with E-state index < -0.39 is 12.1 Å². The molecular weight excluding hydrogens is 635 g/mol. The Labute approximate surface area is 287 Å². The Hall–Kier alpha value is -6.35. The van der Waals surface area contributed by atoms with Crippen molar-refractivity contribution in [2.75, 3.05) is 14.2 Å². The average molecular weight is 669 g/mol. The van der Waals surface area contributed by atoms with Gasteiger partial charge >= 0.3 is 5.97 Å². The van der Waals surface area contributed by atoms with E-state index in [0.29, 0.717) is 23.3 Å². The molecule has 50 heavy (non-hydrogen) atoms. The number of rotatable bonds is 11. The molecule has 0 fully saturated rings. The summed E-state index contributed by atoms with van der Waals surface area (Å²) in [7, 11) is 3.11. The molecule has 0 unspecified atom stereocenters. The van der Waals surface area contributed by atoms with E-state index in [2.05, 4.69) is 0 Å². The first kappa shape index (κ1) is 32.2. The van der Waals surface area contributed by atoms with Gasteiger partial charge in [-0.15, -0.1) is 0 Å². The minimum absolute atomic E-state index is 0.0254. The molecule has 0 saturated heterocycles. The van der Waals surface area contributed by atoms with E-state index in [1.165, 1.54) is 12.1 Å². The van der Waals surface area contributed by atoms with Crippen LogP contribution in [0.15, 0.2) is 122 Å². The maximum Gasteiger partial charge on any atom is 0.337 e. The van der Waals surface area contributed by atoms with Gasteiger partial charge in [-0.05, 0) is 59.0 Å². The molecule has 5 aromatic carbocycles. The quantitative estimate of drug-likeness (QED) is 0.142. The van der Waals surface area contributed by atoms with Gasteiger partial charge in [0.05, 0.1) is 31.7 Å². The predicted molar refractivity (Wildman–Crippen MR) is 189 cm³/mol. The Balaban J connectivity index is 1.47. The number of methoxy groups -OCH3 is 2. The summed E-state index contributed by atoms with van der Waals surface area (Å²) in [5, 5.41) is 23.5. The van der Waals surface area contributed by atoms with Crippen LogP contribution in [0.5, 0.6) is 23.1 Å². The van der Waals surface area contributed by atoms with Gasteiger partial charge in [-0.2, -0.15) is 0 Å². The number of hydrogen-bond donors (Lipinski definition) is 2. The van der Waals surface area contributed by atoms with Gasteiger partial charge in [0, 0.05) is 34.8 Å². The van der Waals surface area contributed by atoms with E-state index >= 15 is 0 Å². The van der Waals surface area contributed by atoms with E-state index in [0.717, 1.165) is 27.8 Å². The minimum Gasteiger partial charge on any atom is -0.497 e. The Kier molecular flexibility index (Phi) is 8.79. The summed E-state index contributed by atoms with van der Waals surface area (Å²) in [5.74, 6) is -0.321. The van der Waals surface area contributed by atoms with Gasteiger partial charge in [0.25, 0.3) is 0 Å². The lowest BCUT2D eigenvalue weighted by atomic mass is 9.97. The molecule has 2 N–H and O–H groups in total. The summed E-state index contributed by atoms with van der Waals surface area (Å²) < 4.78 is 33.1. The first-order chi connectivity index (χ1) is 24.3. The van der Waals surface area contributed by atoms with Crippen LogP contribution in [-0.4, -0.2) is 40.0 Å². The molecule has 0 amide bonds. The number of benzene rings is 5. The van der Waals surface area contributed by atoms with Crippen LogP contribution in [0.1, 0.15) is 44.3 Å². The molecule has 0 radical (unpaired) electrons. The number of hydrogen-bond acceptors (Lipinski definition) is 6. The maximum atomic E-state index is 13.6. The lowest BCUT2D eigenvalue weighted by Crippen LogP contribution is -2.11. The largest absolute Gasteiger partial charge is 0.497 e. The van der Waals surface area contributed by atoms with Crippen LogP contribution in [0.2, 0.25) is 0 Å². The zero-order valence-electron chi connectivity index (χ0n) is 27.3. The SMILES string of the molecule is COc1ccc(Cn2cc3c(C(=O)O)c4cc(Cc5ccc(F)cc5)cnc4c(OC(c4ccccc4)c4ccccc4)c3c2O)c(OC)c1. The van der Waals surface area contributed by atoms with Gasteiger partial charge in [-0.3, -0.25) is 4.98 Å². The van der Waals surface area contributed by atoms with Crippen molar-refractivity contribution in [2.24, 2.45) is 0 Å². The topological polar surface area (TPSA) is 103 Å². The summed E-state index contributed by atoms with van der Waals surface area (Å²) >= 11 is 0. The molecule has 7 aromatic rings. The van der Waals surface area contributed by atoms with Crippen molar-refractivity contribution in [3.05, 3.63) is 161 Å². The van der Waals surface area contributed by atoms with Gasteiger partial charge in [-0.1, -0.05) is 72.8 Å². The third kappa shape index (κ3) is 6.17.